The lowest BCUT2D eigenvalue weighted by Crippen LogP contribution is -2.57. The number of nitrogens with zero attached hydrogens (tertiary/aromatic N) is 5. The van der Waals surface area contributed by atoms with Gasteiger partial charge in [0.2, 0.25) is 5.91 Å². The summed E-state index contributed by atoms with van der Waals surface area (Å²) < 4.78 is 9.09. The number of esters is 1. The first-order valence-corrected chi connectivity index (χ1v) is 13.3. The van der Waals surface area contributed by atoms with Gasteiger partial charge in [-0.05, 0) is 97.4 Å². The van der Waals surface area contributed by atoms with E-state index in [1.54, 1.807) is 35.6 Å². The number of aromatic nitrogens is 4. The van der Waals surface area contributed by atoms with E-state index in [4.69, 9.17) is 4.74 Å². The molecule has 12 heteroatoms. The van der Waals surface area contributed by atoms with Crippen molar-refractivity contribution in [3.63, 3.8) is 0 Å². The number of ether oxygens (including phenoxy) is 1. The second kappa shape index (κ2) is 8.97. The molecule has 4 aliphatic rings. The van der Waals surface area contributed by atoms with Gasteiger partial charge < -0.3 is 20.2 Å². The molecule has 4 aliphatic carbocycles. The molecule has 4 fully saturated rings. The Morgan fingerprint density at radius 3 is 2.53 bits per heavy atom. The number of nitrogens with one attached hydrogen (secondary N) is 1. The number of halogens is 1. The highest BCUT2D eigenvalue weighted by Gasteiger charge is 2.60. The van der Waals surface area contributed by atoms with Gasteiger partial charge in [0.05, 0.1) is 28.6 Å². The van der Waals surface area contributed by atoms with Gasteiger partial charge >= 0.3 is 11.8 Å². The molecule has 1 N–H and O–H groups in total. The second-order valence-electron chi connectivity index (χ2n) is 11.1. The van der Waals surface area contributed by atoms with E-state index in [1.807, 2.05) is 6.92 Å². The van der Waals surface area contributed by atoms with Crippen LogP contribution in [-0.4, -0.2) is 42.5 Å². The smallest absolute Gasteiger partial charge is 0.404 e. The molecule has 0 spiro atoms. The Hall–Kier alpha value is -2.76. The van der Waals surface area contributed by atoms with Gasteiger partial charge in [0.15, 0.2) is 5.69 Å². The van der Waals surface area contributed by atoms with E-state index < -0.39 is 10.9 Å². The van der Waals surface area contributed by atoms with Crippen molar-refractivity contribution >= 4 is 39.3 Å². The molecule has 2 heterocycles. The summed E-state index contributed by atoms with van der Waals surface area (Å²) >= 11 is 3.29. The Morgan fingerprint density at radius 2 is 1.94 bits per heavy atom. The third-order valence-corrected chi connectivity index (χ3v) is 8.45. The number of anilines is 1. The van der Waals surface area contributed by atoms with Crippen LogP contribution in [0.2, 0.25) is 0 Å². The van der Waals surface area contributed by atoms with Gasteiger partial charge in [-0.25, -0.2) is 4.79 Å². The van der Waals surface area contributed by atoms with E-state index in [2.05, 4.69) is 31.4 Å². The van der Waals surface area contributed by atoms with Gasteiger partial charge in [-0.3, -0.25) is 9.48 Å². The lowest BCUT2D eigenvalue weighted by molar-refractivity contribution is -0.390. The molecule has 194 valence electrons. The highest BCUT2D eigenvalue weighted by atomic mass is 79.9. The minimum absolute atomic E-state index is 0.106. The van der Waals surface area contributed by atoms with E-state index in [-0.39, 0.29) is 34.5 Å². The Kier molecular flexibility index (Phi) is 6.20. The molecule has 2 atom stereocenters. The monoisotopic (exact) mass is 562 g/mol. The number of carbonyl (C=O) groups is 2. The summed E-state index contributed by atoms with van der Waals surface area (Å²) in [5.41, 5.74) is -0.0607. The number of aryl methyl sites for hydroxylation is 1. The number of carbonyl (C=O) groups excluding carboxylic acids is 2. The molecule has 2 aromatic heterocycles. The van der Waals surface area contributed by atoms with Crippen LogP contribution in [0.5, 0.6) is 0 Å². The lowest BCUT2D eigenvalue weighted by atomic mass is 9.46. The Balaban J connectivity index is 1.37. The van der Waals surface area contributed by atoms with Crippen LogP contribution in [0.3, 0.4) is 0 Å². The van der Waals surface area contributed by atoms with Crippen LogP contribution in [0, 0.1) is 27.4 Å². The fourth-order valence-electron chi connectivity index (χ4n) is 7.22. The van der Waals surface area contributed by atoms with Crippen molar-refractivity contribution in [3.05, 3.63) is 32.7 Å². The number of nitro groups is 1. The van der Waals surface area contributed by atoms with Gasteiger partial charge in [-0.15, -0.1) is 0 Å². The quantitative estimate of drug-likeness (QED) is 0.281. The fraction of sp³-hybridized carbons (Fsp3) is 0.667. The largest absolute Gasteiger partial charge is 0.458 e. The predicted octanol–water partition coefficient (Wildman–Crippen LogP) is 4.66. The maximum Gasteiger partial charge on any atom is 0.404 e. The molecular formula is C24H31BrN6O5. The Bertz CT molecular complexity index is 1210. The molecule has 11 nitrogen and oxygen atoms in total. The normalized spacial score (nSPS) is 28.5. The minimum Gasteiger partial charge on any atom is -0.458 e. The van der Waals surface area contributed by atoms with Crippen LogP contribution >= 0.6 is 15.9 Å². The number of rotatable bonds is 8. The van der Waals surface area contributed by atoms with Crippen molar-refractivity contribution in [2.45, 2.75) is 83.9 Å². The topological polar surface area (TPSA) is 134 Å². The predicted molar refractivity (Wildman–Crippen MR) is 133 cm³/mol. The van der Waals surface area contributed by atoms with Gasteiger partial charge in [0.25, 0.3) is 0 Å². The fourth-order valence-corrected chi connectivity index (χ4v) is 7.64. The standard InChI is InChI=1S/C24H31BrN6O5/c1-4-29-12-18(20(27-29)22(33)36-14(2)3)26-19(32)10-23-6-15-5-16(7-23)9-24(8-15,13-23)30-11-17(25)21(28-30)31(34)35/h11-12,14-16H,4-10,13H2,1-3H3,(H,26,32). The molecule has 0 aliphatic heterocycles. The molecule has 2 aromatic rings. The van der Waals surface area contributed by atoms with E-state index in [9.17, 15) is 19.7 Å². The summed E-state index contributed by atoms with van der Waals surface area (Å²) in [6.45, 7) is 5.99. The highest BCUT2D eigenvalue weighted by Crippen LogP contribution is 2.65. The molecule has 2 unspecified atom stereocenters. The molecule has 4 bridgehead atoms. The average Bonchev–Trinajstić information content (AvgIpc) is 3.35. The zero-order chi connectivity index (χ0) is 25.8. The lowest BCUT2D eigenvalue weighted by Gasteiger charge is -2.61. The maximum absolute atomic E-state index is 13.4. The van der Waals surface area contributed by atoms with Gasteiger partial charge in [-0.1, -0.05) is 0 Å². The van der Waals surface area contributed by atoms with Gasteiger partial charge in [-0.2, -0.15) is 9.78 Å². The zero-order valence-corrected chi connectivity index (χ0v) is 22.3. The third kappa shape index (κ3) is 4.44. The first kappa shape index (κ1) is 24.9. The SMILES string of the molecule is CCn1cc(NC(=O)CC23CC4CC(C2)CC(n2cc(Br)c([N+](=O)[O-])n2)(C4)C3)c(C(=O)OC(C)C)n1. The summed E-state index contributed by atoms with van der Waals surface area (Å²) in [6.07, 6.45) is 9.06. The molecule has 6 rings (SSSR count). The molecular weight excluding hydrogens is 532 g/mol. The van der Waals surface area contributed by atoms with E-state index in [0.717, 1.165) is 38.5 Å². The third-order valence-electron chi connectivity index (χ3n) is 7.89. The van der Waals surface area contributed by atoms with Gasteiger partial charge in [0.1, 0.15) is 4.47 Å². The van der Waals surface area contributed by atoms with Crippen molar-refractivity contribution in [2.75, 3.05) is 5.32 Å². The summed E-state index contributed by atoms with van der Waals surface area (Å²) in [6, 6.07) is 0. The van der Waals surface area contributed by atoms with Crippen LogP contribution in [0.4, 0.5) is 11.5 Å². The Morgan fingerprint density at radius 1 is 1.25 bits per heavy atom. The molecule has 36 heavy (non-hydrogen) atoms. The van der Waals surface area contributed by atoms with Crippen LogP contribution in [0.15, 0.2) is 16.9 Å². The van der Waals surface area contributed by atoms with E-state index in [0.29, 0.717) is 35.0 Å². The molecule has 0 aromatic carbocycles. The zero-order valence-electron chi connectivity index (χ0n) is 20.7. The summed E-state index contributed by atoms with van der Waals surface area (Å²) in [5, 5.41) is 23.0. The average molecular weight is 563 g/mol. The molecule has 4 saturated carbocycles. The number of amides is 1. The summed E-state index contributed by atoms with van der Waals surface area (Å²) in [4.78, 5) is 36.9. The van der Waals surface area contributed by atoms with Gasteiger partial charge in [0, 0.05) is 19.2 Å². The van der Waals surface area contributed by atoms with Crippen molar-refractivity contribution in [3.8, 4) is 0 Å². The van der Waals surface area contributed by atoms with Crippen molar-refractivity contribution in [1.29, 1.82) is 0 Å². The summed E-state index contributed by atoms with van der Waals surface area (Å²) in [7, 11) is 0. The maximum atomic E-state index is 13.4. The van der Waals surface area contributed by atoms with Crippen LogP contribution < -0.4 is 5.32 Å². The molecule has 0 radical (unpaired) electrons. The van der Waals surface area contributed by atoms with Crippen molar-refractivity contribution in [2.24, 2.45) is 17.3 Å². The first-order valence-electron chi connectivity index (χ1n) is 12.5. The van der Waals surface area contributed by atoms with E-state index >= 15 is 0 Å². The molecule has 0 saturated heterocycles. The minimum atomic E-state index is -0.563. The number of hydrogen-bond donors (Lipinski definition) is 1. The van der Waals surface area contributed by atoms with Crippen molar-refractivity contribution < 1.29 is 19.2 Å². The second-order valence-corrected chi connectivity index (χ2v) is 12.0. The first-order chi connectivity index (χ1) is 17.0. The number of hydrogen-bond acceptors (Lipinski definition) is 7. The summed E-state index contributed by atoms with van der Waals surface area (Å²) in [5.74, 6) is 0.0217. The van der Waals surface area contributed by atoms with Crippen LogP contribution in [-0.2, 0) is 21.6 Å². The highest BCUT2D eigenvalue weighted by molar-refractivity contribution is 9.10. The van der Waals surface area contributed by atoms with Crippen LogP contribution in [0.1, 0.15) is 76.2 Å². The van der Waals surface area contributed by atoms with Crippen LogP contribution in [0.25, 0.3) is 0 Å². The van der Waals surface area contributed by atoms with E-state index in [1.165, 1.54) is 0 Å². The van der Waals surface area contributed by atoms with Crippen molar-refractivity contribution in [1.82, 2.24) is 19.6 Å². The Labute approximate surface area is 217 Å². The molecule has 1 amide bonds.